The van der Waals surface area contributed by atoms with E-state index in [0.717, 1.165) is 23.2 Å². The summed E-state index contributed by atoms with van der Waals surface area (Å²) < 4.78 is 16.2. The molecule has 1 aliphatic rings. The lowest BCUT2D eigenvalue weighted by atomic mass is 9.94. The Morgan fingerprint density at radius 2 is 1.53 bits per heavy atom. The molecule has 0 saturated heterocycles. The van der Waals surface area contributed by atoms with Gasteiger partial charge < -0.3 is 14.2 Å². The highest BCUT2D eigenvalue weighted by Gasteiger charge is 2.33. The first-order valence-electron chi connectivity index (χ1n) is 6.01. The van der Waals surface area contributed by atoms with Crippen LogP contribution in [0, 0.1) is 5.92 Å². The Kier molecular flexibility index (Phi) is 3.46. The lowest BCUT2D eigenvalue weighted by Crippen LogP contribution is -2.03. The molecule has 0 aromatic heterocycles. The van der Waals surface area contributed by atoms with Gasteiger partial charge in [0.25, 0.3) is 0 Å². The Bertz CT molecular complexity index is 371. The van der Waals surface area contributed by atoms with Crippen molar-refractivity contribution in [2.45, 2.75) is 25.7 Å². The molecule has 1 unspecified atom stereocenters. The molecule has 3 nitrogen and oxygen atoms in total. The normalized spacial score (nSPS) is 16.5. The van der Waals surface area contributed by atoms with Crippen LogP contribution in [0.5, 0.6) is 17.2 Å². The molecule has 94 valence electrons. The summed E-state index contributed by atoms with van der Waals surface area (Å²) >= 11 is 0. The van der Waals surface area contributed by atoms with E-state index >= 15 is 0 Å². The molecule has 1 fully saturated rings. The summed E-state index contributed by atoms with van der Waals surface area (Å²) in [5.41, 5.74) is 1.17. The number of ether oxygens (including phenoxy) is 3. The minimum atomic E-state index is 0.478. The van der Waals surface area contributed by atoms with Crippen molar-refractivity contribution in [3.8, 4) is 17.2 Å². The van der Waals surface area contributed by atoms with Crippen molar-refractivity contribution in [3.05, 3.63) is 17.7 Å². The minimum Gasteiger partial charge on any atom is -0.496 e. The Morgan fingerprint density at radius 1 is 1.00 bits per heavy atom. The topological polar surface area (TPSA) is 27.7 Å². The molecule has 2 rings (SSSR count). The van der Waals surface area contributed by atoms with Crippen molar-refractivity contribution in [2.24, 2.45) is 5.92 Å². The van der Waals surface area contributed by atoms with Crippen LogP contribution in [0.1, 0.15) is 31.2 Å². The van der Waals surface area contributed by atoms with Gasteiger partial charge in [-0.1, -0.05) is 6.92 Å². The molecule has 1 aliphatic carbocycles. The van der Waals surface area contributed by atoms with Gasteiger partial charge >= 0.3 is 0 Å². The van der Waals surface area contributed by atoms with Crippen LogP contribution >= 0.6 is 0 Å². The molecule has 0 bridgehead atoms. The van der Waals surface area contributed by atoms with Gasteiger partial charge in [0.15, 0.2) is 0 Å². The minimum absolute atomic E-state index is 0.478. The molecule has 0 spiro atoms. The lowest BCUT2D eigenvalue weighted by molar-refractivity contribution is 0.362. The highest BCUT2D eigenvalue weighted by molar-refractivity contribution is 5.52. The Labute approximate surface area is 103 Å². The molecule has 1 atom stereocenters. The zero-order valence-corrected chi connectivity index (χ0v) is 10.9. The summed E-state index contributed by atoms with van der Waals surface area (Å²) in [6, 6.07) is 3.85. The Hall–Kier alpha value is -1.38. The van der Waals surface area contributed by atoms with Gasteiger partial charge in [0.1, 0.15) is 17.2 Å². The first-order chi connectivity index (χ1) is 8.21. The predicted molar refractivity (Wildman–Crippen MR) is 67.2 cm³/mol. The first-order valence-corrected chi connectivity index (χ1v) is 6.01. The highest BCUT2D eigenvalue weighted by atomic mass is 16.5. The van der Waals surface area contributed by atoms with Crippen LogP contribution in [-0.2, 0) is 0 Å². The first kappa shape index (κ1) is 12.1. The van der Waals surface area contributed by atoms with E-state index in [0.29, 0.717) is 5.92 Å². The van der Waals surface area contributed by atoms with Crippen LogP contribution in [0.2, 0.25) is 0 Å². The fourth-order valence-electron chi connectivity index (χ4n) is 2.31. The number of hydrogen-bond acceptors (Lipinski definition) is 3. The third kappa shape index (κ3) is 2.33. The van der Waals surface area contributed by atoms with Crippen molar-refractivity contribution in [3.63, 3.8) is 0 Å². The maximum absolute atomic E-state index is 5.47. The van der Waals surface area contributed by atoms with Crippen molar-refractivity contribution in [1.82, 2.24) is 0 Å². The Morgan fingerprint density at radius 3 is 1.88 bits per heavy atom. The summed E-state index contributed by atoms with van der Waals surface area (Å²) in [6.45, 7) is 2.24. The largest absolute Gasteiger partial charge is 0.496 e. The number of benzene rings is 1. The summed E-state index contributed by atoms with van der Waals surface area (Å²) in [6.07, 6.45) is 2.61. The second-order valence-electron chi connectivity index (χ2n) is 4.57. The van der Waals surface area contributed by atoms with E-state index < -0.39 is 0 Å². The van der Waals surface area contributed by atoms with Crippen molar-refractivity contribution >= 4 is 0 Å². The summed E-state index contributed by atoms with van der Waals surface area (Å²) in [5.74, 6) is 3.74. The van der Waals surface area contributed by atoms with E-state index in [2.05, 4.69) is 6.92 Å². The van der Waals surface area contributed by atoms with E-state index in [1.165, 1.54) is 18.4 Å². The summed E-state index contributed by atoms with van der Waals surface area (Å²) in [7, 11) is 5.03. The van der Waals surface area contributed by atoms with E-state index in [4.69, 9.17) is 14.2 Å². The van der Waals surface area contributed by atoms with E-state index in [1.807, 2.05) is 12.1 Å². The van der Waals surface area contributed by atoms with Crippen LogP contribution in [-0.4, -0.2) is 21.3 Å². The smallest absolute Gasteiger partial charge is 0.129 e. The van der Waals surface area contributed by atoms with Gasteiger partial charge in [-0.3, -0.25) is 0 Å². The zero-order valence-electron chi connectivity index (χ0n) is 10.9. The second-order valence-corrected chi connectivity index (χ2v) is 4.57. The van der Waals surface area contributed by atoms with Gasteiger partial charge in [0.05, 0.1) is 21.3 Å². The monoisotopic (exact) mass is 236 g/mol. The predicted octanol–water partition coefficient (Wildman–Crippen LogP) is 3.23. The maximum Gasteiger partial charge on any atom is 0.129 e. The fraction of sp³-hybridized carbons (Fsp3) is 0.571. The molecule has 1 aromatic carbocycles. The van der Waals surface area contributed by atoms with Crippen molar-refractivity contribution in [2.75, 3.05) is 21.3 Å². The molecule has 0 heterocycles. The molecule has 1 saturated carbocycles. The van der Waals surface area contributed by atoms with Crippen LogP contribution in [0.4, 0.5) is 0 Å². The lowest BCUT2D eigenvalue weighted by Gasteiger charge is -2.19. The number of hydrogen-bond donors (Lipinski definition) is 0. The second kappa shape index (κ2) is 4.86. The molecule has 0 radical (unpaired) electrons. The van der Waals surface area contributed by atoms with Crippen LogP contribution < -0.4 is 14.2 Å². The Balaban J connectivity index is 2.45. The molecule has 1 aromatic rings. The highest BCUT2D eigenvalue weighted by Crippen LogP contribution is 2.49. The van der Waals surface area contributed by atoms with Crippen molar-refractivity contribution in [1.29, 1.82) is 0 Å². The molecule has 0 aliphatic heterocycles. The van der Waals surface area contributed by atoms with E-state index in [-0.39, 0.29) is 0 Å². The van der Waals surface area contributed by atoms with Gasteiger partial charge in [-0.15, -0.1) is 0 Å². The molecule has 17 heavy (non-hydrogen) atoms. The molecule has 3 heteroatoms. The van der Waals surface area contributed by atoms with Gasteiger partial charge in [-0.05, 0) is 24.7 Å². The average molecular weight is 236 g/mol. The maximum atomic E-state index is 5.47. The molecule has 0 amide bonds. The van der Waals surface area contributed by atoms with E-state index in [9.17, 15) is 0 Å². The third-order valence-corrected chi connectivity index (χ3v) is 3.54. The number of rotatable bonds is 5. The molecular formula is C14H20O3. The fourth-order valence-corrected chi connectivity index (χ4v) is 2.31. The SMILES string of the molecule is COc1cc(OC)c(C(C)C2CC2)c(OC)c1. The van der Waals surface area contributed by atoms with E-state index in [1.54, 1.807) is 21.3 Å². The van der Waals surface area contributed by atoms with Crippen LogP contribution in [0.3, 0.4) is 0 Å². The van der Waals surface area contributed by atoms with Gasteiger partial charge in [-0.25, -0.2) is 0 Å². The van der Waals surface area contributed by atoms with Gasteiger partial charge in [0.2, 0.25) is 0 Å². The van der Waals surface area contributed by atoms with Crippen LogP contribution in [0.25, 0.3) is 0 Å². The average Bonchev–Trinajstić information content (AvgIpc) is 3.20. The molecule has 0 N–H and O–H groups in total. The summed E-state index contributed by atoms with van der Waals surface area (Å²) in [5, 5.41) is 0. The quantitative estimate of drug-likeness (QED) is 0.785. The summed E-state index contributed by atoms with van der Waals surface area (Å²) in [4.78, 5) is 0. The van der Waals surface area contributed by atoms with Crippen molar-refractivity contribution < 1.29 is 14.2 Å². The van der Waals surface area contributed by atoms with Crippen LogP contribution in [0.15, 0.2) is 12.1 Å². The van der Waals surface area contributed by atoms with Gasteiger partial charge in [0, 0.05) is 17.7 Å². The van der Waals surface area contributed by atoms with Gasteiger partial charge in [-0.2, -0.15) is 0 Å². The molecular weight excluding hydrogens is 216 g/mol. The number of methoxy groups -OCH3 is 3. The standard InChI is InChI=1S/C14H20O3/c1-9(10-5-6-10)14-12(16-3)7-11(15-2)8-13(14)17-4/h7-10H,5-6H2,1-4H3. The third-order valence-electron chi connectivity index (χ3n) is 3.54. The zero-order chi connectivity index (χ0) is 12.4.